The zero-order valence-corrected chi connectivity index (χ0v) is 25.1. The number of benzene rings is 3. The summed E-state index contributed by atoms with van der Waals surface area (Å²) in [6.07, 6.45) is 0.157. The maximum absolute atomic E-state index is 13.2. The quantitative estimate of drug-likeness (QED) is 0.236. The summed E-state index contributed by atoms with van der Waals surface area (Å²) in [5.41, 5.74) is 2.71. The van der Waals surface area contributed by atoms with Crippen LogP contribution in [0.2, 0.25) is 5.02 Å². The van der Waals surface area contributed by atoms with Crippen molar-refractivity contribution in [1.29, 1.82) is 0 Å². The monoisotopic (exact) mass is 589 g/mol. The zero-order chi connectivity index (χ0) is 30.2. The topological polar surface area (TPSA) is 88.5 Å². The molecule has 3 amide bonds. The third kappa shape index (κ3) is 7.76. The Balaban J connectivity index is 1.41. The van der Waals surface area contributed by atoms with Gasteiger partial charge < -0.3 is 19.3 Å². The van der Waals surface area contributed by atoms with E-state index in [1.165, 1.54) is 0 Å². The lowest BCUT2D eigenvalue weighted by Crippen LogP contribution is -2.48. The highest BCUT2D eigenvalue weighted by Gasteiger charge is 2.43. The van der Waals surface area contributed by atoms with Crippen molar-refractivity contribution in [2.24, 2.45) is 10.9 Å². The van der Waals surface area contributed by atoms with Gasteiger partial charge in [0.15, 0.2) is 0 Å². The van der Waals surface area contributed by atoms with Crippen LogP contribution in [-0.2, 0) is 16.1 Å². The molecule has 0 aliphatic carbocycles. The summed E-state index contributed by atoms with van der Waals surface area (Å²) in [4.78, 5) is 46.8. The largest absolute Gasteiger partial charge is 0.489 e. The predicted octanol–water partition coefficient (Wildman–Crippen LogP) is 6.59. The molecule has 0 bridgehead atoms. The van der Waals surface area contributed by atoms with Crippen LogP contribution in [0, 0.1) is 5.92 Å². The van der Waals surface area contributed by atoms with E-state index in [1.807, 2.05) is 36.4 Å². The normalized spacial score (nSPS) is 16.7. The molecule has 0 spiro atoms. The molecule has 4 rings (SSSR count). The number of aliphatic imine (C=N–C) groups is 1. The lowest BCUT2D eigenvalue weighted by atomic mass is 9.86. The van der Waals surface area contributed by atoms with Crippen LogP contribution in [0.1, 0.15) is 54.7 Å². The number of carbonyl (C=O) groups excluding carboxylic acids is 3. The maximum Gasteiger partial charge on any atom is 0.344 e. The second-order valence-corrected chi connectivity index (χ2v) is 11.0. The molecule has 1 heterocycles. The molecule has 0 saturated carbocycles. The Morgan fingerprint density at radius 2 is 1.74 bits per heavy atom. The third-order valence-electron chi connectivity index (χ3n) is 7.00. The van der Waals surface area contributed by atoms with Crippen LogP contribution in [0.15, 0.2) is 83.9 Å². The Morgan fingerprint density at radius 1 is 1.02 bits per heavy atom. The second-order valence-electron chi connectivity index (χ2n) is 10.6. The molecular weight excluding hydrogens is 554 g/mol. The fourth-order valence-corrected chi connectivity index (χ4v) is 5.15. The minimum Gasteiger partial charge on any atom is -0.489 e. The van der Waals surface area contributed by atoms with Gasteiger partial charge in [0.1, 0.15) is 18.3 Å². The van der Waals surface area contributed by atoms with Gasteiger partial charge >= 0.3 is 12.0 Å². The first kappa shape index (κ1) is 30.8. The number of nitrogens with zero attached hydrogens (tertiary/aromatic N) is 3. The van der Waals surface area contributed by atoms with Crippen LogP contribution >= 0.6 is 11.6 Å². The SMILES string of the molecule is CC1=NC(=O)N(CCCN(C)C(=O)c2ccc(OCc3ccccc3)cc2)C(c2cccc(Cl)c2)C1C(=O)OC(C)C. The van der Waals surface area contributed by atoms with E-state index in [4.69, 9.17) is 21.1 Å². The van der Waals surface area contributed by atoms with Gasteiger partial charge in [-0.25, -0.2) is 9.79 Å². The molecule has 0 fully saturated rings. The van der Waals surface area contributed by atoms with Crippen molar-refractivity contribution in [2.75, 3.05) is 20.1 Å². The minimum absolute atomic E-state index is 0.145. The number of amides is 3. The van der Waals surface area contributed by atoms with Gasteiger partial charge in [-0.3, -0.25) is 9.59 Å². The highest BCUT2D eigenvalue weighted by atomic mass is 35.5. The molecule has 0 N–H and O–H groups in total. The number of ether oxygens (including phenoxy) is 2. The second kappa shape index (κ2) is 14.1. The minimum atomic E-state index is -0.773. The molecule has 0 radical (unpaired) electrons. The first-order chi connectivity index (χ1) is 20.1. The Hall–Kier alpha value is -4.17. The molecule has 3 aromatic rings. The molecule has 0 aromatic heterocycles. The fourth-order valence-electron chi connectivity index (χ4n) is 4.95. The lowest BCUT2D eigenvalue weighted by molar-refractivity contribution is -0.151. The summed E-state index contributed by atoms with van der Waals surface area (Å²) in [7, 11) is 1.72. The van der Waals surface area contributed by atoms with Crippen LogP contribution in [0.4, 0.5) is 4.79 Å². The average Bonchev–Trinajstić information content (AvgIpc) is 2.96. The maximum atomic E-state index is 13.2. The number of halogens is 1. The molecule has 0 saturated heterocycles. The van der Waals surface area contributed by atoms with Crippen LogP contribution < -0.4 is 4.74 Å². The van der Waals surface area contributed by atoms with Crippen molar-refractivity contribution in [3.63, 3.8) is 0 Å². The Kier molecular flexibility index (Phi) is 10.4. The van der Waals surface area contributed by atoms with Gasteiger partial charge in [0, 0.05) is 36.4 Å². The van der Waals surface area contributed by atoms with E-state index < -0.39 is 24.0 Å². The van der Waals surface area contributed by atoms with Gasteiger partial charge in [0.05, 0.1) is 12.1 Å². The molecule has 1 aliphatic heterocycles. The molecule has 9 heteroatoms. The van der Waals surface area contributed by atoms with Crippen molar-refractivity contribution >= 4 is 35.2 Å². The Labute approximate surface area is 251 Å². The standard InChI is InChI=1S/C33H36ClN3O5/c1-22(2)42-32(39)29-23(3)35-33(40)37(30(29)26-12-8-13-27(34)20-26)19-9-18-36(4)31(38)25-14-16-28(17-15-25)41-21-24-10-6-5-7-11-24/h5-8,10-17,20,22,29-30H,9,18-19,21H2,1-4H3. The van der Waals surface area contributed by atoms with Crippen LogP contribution in [0.3, 0.4) is 0 Å². The predicted molar refractivity (Wildman–Crippen MR) is 163 cm³/mol. The van der Waals surface area contributed by atoms with Gasteiger partial charge in [0.2, 0.25) is 0 Å². The summed E-state index contributed by atoms with van der Waals surface area (Å²) >= 11 is 6.29. The summed E-state index contributed by atoms with van der Waals surface area (Å²) in [6.45, 7) is 6.34. The van der Waals surface area contributed by atoms with E-state index in [-0.39, 0.29) is 18.6 Å². The molecular formula is C33H36ClN3O5. The highest BCUT2D eigenvalue weighted by Crippen LogP contribution is 2.36. The van der Waals surface area contributed by atoms with Crippen LogP contribution in [-0.4, -0.2) is 59.7 Å². The molecule has 2 atom stereocenters. The molecule has 2 unspecified atom stereocenters. The Morgan fingerprint density at radius 3 is 2.40 bits per heavy atom. The lowest BCUT2D eigenvalue weighted by Gasteiger charge is -2.39. The molecule has 1 aliphatic rings. The molecule has 8 nitrogen and oxygen atoms in total. The van der Waals surface area contributed by atoms with Gasteiger partial charge in [-0.15, -0.1) is 0 Å². The van der Waals surface area contributed by atoms with Gasteiger partial charge in [-0.1, -0.05) is 54.1 Å². The average molecular weight is 590 g/mol. The van der Waals surface area contributed by atoms with E-state index in [1.54, 1.807) is 80.1 Å². The van der Waals surface area contributed by atoms with Crippen molar-refractivity contribution in [3.05, 3.63) is 101 Å². The number of carbonyl (C=O) groups is 3. The summed E-state index contributed by atoms with van der Waals surface area (Å²) < 4.78 is 11.4. The number of rotatable bonds is 11. The summed E-state index contributed by atoms with van der Waals surface area (Å²) in [5.74, 6) is -0.689. The number of hydrogen-bond acceptors (Lipinski definition) is 5. The van der Waals surface area contributed by atoms with Crippen molar-refractivity contribution in [1.82, 2.24) is 9.80 Å². The number of hydrogen-bond donors (Lipinski definition) is 0. The van der Waals surface area contributed by atoms with E-state index in [0.717, 1.165) is 11.1 Å². The van der Waals surface area contributed by atoms with Gasteiger partial charge in [0.25, 0.3) is 5.91 Å². The summed E-state index contributed by atoms with van der Waals surface area (Å²) in [6, 6.07) is 23.0. The van der Waals surface area contributed by atoms with Gasteiger partial charge in [-0.05, 0) is 74.7 Å². The Bertz CT molecular complexity index is 1430. The van der Waals surface area contributed by atoms with E-state index in [2.05, 4.69) is 4.99 Å². The van der Waals surface area contributed by atoms with Crippen molar-refractivity contribution in [2.45, 2.75) is 45.9 Å². The van der Waals surface area contributed by atoms with Crippen molar-refractivity contribution in [3.8, 4) is 5.75 Å². The smallest absolute Gasteiger partial charge is 0.344 e. The highest BCUT2D eigenvalue weighted by molar-refractivity contribution is 6.30. The van der Waals surface area contributed by atoms with E-state index in [0.29, 0.717) is 41.6 Å². The molecule has 42 heavy (non-hydrogen) atoms. The van der Waals surface area contributed by atoms with E-state index >= 15 is 0 Å². The third-order valence-corrected chi connectivity index (χ3v) is 7.24. The zero-order valence-electron chi connectivity index (χ0n) is 24.3. The first-order valence-corrected chi connectivity index (χ1v) is 14.4. The van der Waals surface area contributed by atoms with Crippen LogP contribution in [0.5, 0.6) is 5.75 Å². The van der Waals surface area contributed by atoms with Crippen molar-refractivity contribution < 1.29 is 23.9 Å². The molecule has 220 valence electrons. The van der Waals surface area contributed by atoms with E-state index in [9.17, 15) is 14.4 Å². The van der Waals surface area contributed by atoms with Gasteiger partial charge in [-0.2, -0.15) is 0 Å². The number of urea groups is 1. The first-order valence-electron chi connectivity index (χ1n) is 14.0. The fraction of sp³-hybridized carbons (Fsp3) is 0.333. The molecule has 3 aromatic carbocycles. The summed E-state index contributed by atoms with van der Waals surface area (Å²) in [5, 5.41) is 0.498. The number of esters is 1. The van der Waals surface area contributed by atoms with Crippen LogP contribution in [0.25, 0.3) is 0 Å².